The van der Waals surface area contributed by atoms with Gasteiger partial charge in [-0.15, -0.1) is 0 Å². The van der Waals surface area contributed by atoms with Gasteiger partial charge in [-0.25, -0.2) is 0 Å². The maximum atomic E-state index is 10.9. The van der Waals surface area contributed by atoms with Crippen LogP contribution in [-0.4, -0.2) is 20.2 Å². The molecular weight excluding hydrogens is 216 g/mol. The molecule has 0 aliphatic rings. The molecule has 0 spiro atoms. The van der Waals surface area contributed by atoms with Gasteiger partial charge in [-0.2, -0.15) is 0 Å². The average Bonchev–Trinajstić information content (AvgIpc) is 2.38. The summed E-state index contributed by atoms with van der Waals surface area (Å²) in [6.07, 6.45) is 4.64. The largest absolute Gasteiger partial charge is 0.497 e. The summed E-state index contributed by atoms with van der Waals surface area (Å²) in [4.78, 5) is 10.9. The predicted octanol–water partition coefficient (Wildman–Crippen LogP) is 2.97. The first kappa shape index (κ1) is 13.6. The molecule has 0 saturated heterocycles. The molecule has 0 saturated carbocycles. The number of ether oxygens (including phenoxy) is 2. The highest BCUT2D eigenvalue weighted by atomic mass is 16.5. The van der Waals surface area contributed by atoms with Crippen LogP contribution in [0.5, 0.6) is 5.75 Å². The molecule has 0 radical (unpaired) electrons. The molecule has 0 aromatic heterocycles. The number of carbonyl (C=O) groups excluding carboxylic acids is 1. The van der Waals surface area contributed by atoms with Crippen LogP contribution in [0.4, 0.5) is 0 Å². The van der Waals surface area contributed by atoms with Crippen molar-refractivity contribution >= 4 is 5.97 Å². The zero-order valence-corrected chi connectivity index (χ0v) is 10.6. The highest BCUT2D eigenvalue weighted by Crippen LogP contribution is 2.13. The van der Waals surface area contributed by atoms with E-state index in [1.54, 1.807) is 7.11 Å². The van der Waals surface area contributed by atoms with E-state index in [9.17, 15) is 4.79 Å². The highest BCUT2D eigenvalue weighted by Gasteiger charge is 1.99. The molecule has 0 N–H and O–H groups in total. The number of carbonyl (C=O) groups is 1. The Balaban J connectivity index is 2.15. The summed E-state index contributed by atoms with van der Waals surface area (Å²) in [5.74, 6) is 0.772. The second-order valence-electron chi connectivity index (χ2n) is 3.98. The van der Waals surface area contributed by atoms with E-state index in [0.29, 0.717) is 6.42 Å². The van der Waals surface area contributed by atoms with Gasteiger partial charge in [0.25, 0.3) is 0 Å². The quantitative estimate of drug-likeness (QED) is 0.539. The van der Waals surface area contributed by atoms with E-state index in [1.165, 1.54) is 12.7 Å². The minimum atomic E-state index is -0.116. The van der Waals surface area contributed by atoms with Crippen molar-refractivity contribution in [1.29, 1.82) is 0 Å². The van der Waals surface area contributed by atoms with Crippen molar-refractivity contribution in [3.05, 3.63) is 29.8 Å². The fourth-order valence-electron chi connectivity index (χ4n) is 1.67. The molecule has 0 bridgehead atoms. The Kier molecular flexibility index (Phi) is 6.15. The van der Waals surface area contributed by atoms with E-state index in [2.05, 4.69) is 16.9 Å². The first-order valence-corrected chi connectivity index (χ1v) is 5.96. The van der Waals surface area contributed by atoms with Crippen LogP contribution in [0.3, 0.4) is 0 Å². The Morgan fingerprint density at radius 1 is 1.06 bits per heavy atom. The van der Waals surface area contributed by atoms with Crippen LogP contribution in [0.2, 0.25) is 0 Å². The van der Waals surface area contributed by atoms with Gasteiger partial charge in [0.1, 0.15) is 5.75 Å². The van der Waals surface area contributed by atoms with E-state index in [1.807, 2.05) is 12.1 Å². The Hall–Kier alpha value is -1.51. The van der Waals surface area contributed by atoms with E-state index in [4.69, 9.17) is 4.74 Å². The van der Waals surface area contributed by atoms with Gasteiger partial charge in [0.2, 0.25) is 0 Å². The topological polar surface area (TPSA) is 35.5 Å². The van der Waals surface area contributed by atoms with Crippen LogP contribution < -0.4 is 4.74 Å². The Bertz CT molecular complexity index is 330. The van der Waals surface area contributed by atoms with Crippen LogP contribution in [0.25, 0.3) is 0 Å². The summed E-state index contributed by atoms with van der Waals surface area (Å²) >= 11 is 0. The summed E-state index contributed by atoms with van der Waals surface area (Å²) < 4.78 is 9.69. The predicted molar refractivity (Wildman–Crippen MR) is 67.2 cm³/mol. The Labute approximate surface area is 103 Å². The third kappa shape index (κ3) is 5.38. The SMILES string of the molecule is COC(=O)CCCCCc1ccc(OC)cc1. The third-order valence-electron chi connectivity index (χ3n) is 2.73. The van der Waals surface area contributed by atoms with Gasteiger partial charge in [-0.3, -0.25) is 4.79 Å². The van der Waals surface area contributed by atoms with Crippen LogP contribution in [0, 0.1) is 0 Å². The second kappa shape index (κ2) is 7.71. The van der Waals surface area contributed by atoms with E-state index in [0.717, 1.165) is 31.4 Å². The fourth-order valence-corrected chi connectivity index (χ4v) is 1.67. The molecule has 0 fully saturated rings. The summed E-state index contributed by atoms with van der Waals surface area (Å²) in [5.41, 5.74) is 1.31. The van der Waals surface area contributed by atoms with Crippen molar-refractivity contribution in [3.63, 3.8) is 0 Å². The lowest BCUT2D eigenvalue weighted by Crippen LogP contribution is -1.99. The van der Waals surface area contributed by atoms with Gasteiger partial charge in [0.15, 0.2) is 0 Å². The number of hydrogen-bond acceptors (Lipinski definition) is 3. The number of benzene rings is 1. The molecular formula is C14H20O3. The minimum Gasteiger partial charge on any atom is -0.497 e. The number of rotatable bonds is 7. The number of esters is 1. The van der Waals surface area contributed by atoms with Crippen LogP contribution in [-0.2, 0) is 16.0 Å². The summed E-state index contributed by atoms with van der Waals surface area (Å²) in [5, 5.41) is 0. The summed E-state index contributed by atoms with van der Waals surface area (Å²) in [6, 6.07) is 8.12. The molecule has 0 atom stereocenters. The van der Waals surface area contributed by atoms with Crippen molar-refractivity contribution in [3.8, 4) is 5.75 Å². The first-order chi connectivity index (χ1) is 8.26. The molecule has 3 nitrogen and oxygen atoms in total. The van der Waals surface area contributed by atoms with Gasteiger partial charge in [0, 0.05) is 6.42 Å². The molecule has 0 aliphatic carbocycles. The van der Waals surface area contributed by atoms with Crippen molar-refractivity contribution in [2.45, 2.75) is 32.1 Å². The van der Waals surface area contributed by atoms with E-state index < -0.39 is 0 Å². The van der Waals surface area contributed by atoms with E-state index >= 15 is 0 Å². The molecule has 1 aromatic carbocycles. The Morgan fingerprint density at radius 2 is 1.76 bits per heavy atom. The molecule has 1 rings (SSSR count). The molecule has 0 heterocycles. The molecule has 17 heavy (non-hydrogen) atoms. The minimum absolute atomic E-state index is 0.116. The average molecular weight is 236 g/mol. The summed E-state index contributed by atoms with van der Waals surface area (Å²) in [7, 11) is 3.10. The lowest BCUT2D eigenvalue weighted by Gasteiger charge is -2.03. The zero-order chi connectivity index (χ0) is 12.5. The van der Waals surface area contributed by atoms with E-state index in [-0.39, 0.29) is 5.97 Å². The van der Waals surface area contributed by atoms with Crippen LogP contribution >= 0.6 is 0 Å². The zero-order valence-electron chi connectivity index (χ0n) is 10.6. The smallest absolute Gasteiger partial charge is 0.305 e. The number of unbranched alkanes of at least 4 members (excludes halogenated alkanes) is 2. The number of aryl methyl sites for hydroxylation is 1. The van der Waals surface area contributed by atoms with Crippen molar-refractivity contribution < 1.29 is 14.3 Å². The maximum Gasteiger partial charge on any atom is 0.305 e. The van der Waals surface area contributed by atoms with Gasteiger partial charge < -0.3 is 9.47 Å². The molecule has 3 heteroatoms. The van der Waals surface area contributed by atoms with Crippen LogP contribution in [0.15, 0.2) is 24.3 Å². The summed E-state index contributed by atoms with van der Waals surface area (Å²) in [6.45, 7) is 0. The number of methoxy groups -OCH3 is 2. The molecule has 0 unspecified atom stereocenters. The lowest BCUT2D eigenvalue weighted by molar-refractivity contribution is -0.140. The third-order valence-corrected chi connectivity index (χ3v) is 2.73. The second-order valence-corrected chi connectivity index (χ2v) is 3.98. The lowest BCUT2D eigenvalue weighted by atomic mass is 10.1. The molecule has 0 aliphatic heterocycles. The highest BCUT2D eigenvalue weighted by molar-refractivity contribution is 5.68. The van der Waals surface area contributed by atoms with Gasteiger partial charge in [-0.1, -0.05) is 18.6 Å². The van der Waals surface area contributed by atoms with Crippen molar-refractivity contribution in [1.82, 2.24) is 0 Å². The standard InChI is InChI=1S/C14H20O3/c1-16-13-10-8-12(9-11-13)6-4-3-5-7-14(15)17-2/h8-11H,3-7H2,1-2H3. The molecule has 94 valence electrons. The Morgan fingerprint density at radius 3 is 2.35 bits per heavy atom. The number of hydrogen-bond donors (Lipinski definition) is 0. The van der Waals surface area contributed by atoms with Crippen molar-refractivity contribution in [2.24, 2.45) is 0 Å². The van der Waals surface area contributed by atoms with Gasteiger partial charge in [-0.05, 0) is 37.0 Å². The monoisotopic (exact) mass is 236 g/mol. The maximum absolute atomic E-state index is 10.9. The van der Waals surface area contributed by atoms with Crippen molar-refractivity contribution in [2.75, 3.05) is 14.2 Å². The normalized spacial score (nSPS) is 10.0. The van der Waals surface area contributed by atoms with Gasteiger partial charge in [0.05, 0.1) is 14.2 Å². The first-order valence-electron chi connectivity index (χ1n) is 5.96. The van der Waals surface area contributed by atoms with Gasteiger partial charge >= 0.3 is 5.97 Å². The molecule has 0 amide bonds. The fraction of sp³-hybridized carbons (Fsp3) is 0.500. The van der Waals surface area contributed by atoms with Crippen LogP contribution in [0.1, 0.15) is 31.2 Å². The molecule has 1 aromatic rings.